The monoisotopic (exact) mass is 270 g/mol. The van der Waals surface area contributed by atoms with E-state index < -0.39 is 10.1 Å². The molecule has 0 aromatic heterocycles. The summed E-state index contributed by atoms with van der Waals surface area (Å²) in [5.74, 6) is -0.296. The van der Waals surface area contributed by atoms with Crippen molar-refractivity contribution in [2.45, 2.75) is 38.1 Å². The highest BCUT2D eigenvalue weighted by Gasteiger charge is 2.17. The van der Waals surface area contributed by atoms with Crippen LogP contribution in [0.2, 0.25) is 0 Å². The molecule has 1 N–H and O–H groups in total. The lowest BCUT2D eigenvalue weighted by Gasteiger charge is -2.21. The molecule has 0 bridgehead atoms. The molecule has 0 aliphatic heterocycles. The van der Waals surface area contributed by atoms with Crippen LogP contribution in [-0.2, 0) is 10.1 Å². The second-order valence-corrected chi connectivity index (χ2v) is 6.51. The Balaban J connectivity index is 3.11. The minimum atomic E-state index is -4.48. The number of amides is 1. The molecule has 0 aliphatic rings. The van der Waals surface area contributed by atoms with E-state index in [0.717, 1.165) is 6.07 Å². The highest BCUT2D eigenvalue weighted by Crippen LogP contribution is 2.16. The van der Waals surface area contributed by atoms with Crippen LogP contribution < -0.4 is 5.32 Å². The molecule has 1 amide bonds. The van der Waals surface area contributed by atoms with Gasteiger partial charge in [-0.25, -0.2) is 8.42 Å². The van der Waals surface area contributed by atoms with Gasteiger partial charge in [-0.3, -0.25) is 4.79 Å². The van der Waals surface area contributed by atoms with Crippen LogP contribution in [0.3, 0.4) is 0 Å². The van der Waals surface area contributed by atoms with Gasteiger partial charge >= 0.3 is 0 Å². The van der Waals surface area contributed by atoms with Gasteiger partial charge in [0.1, 0.15) is 10.1 Å². The predicted octanol–water partition coefficient (Wildman–Crippen LogP) is 1.43. The predicted molar refractivity (Wildman–Crippen MR) is 66.4 cm³/mol. The first-order valence-corrected chi connectivity index (χ1v) is 6.80. The van der Waals surface area contributed by atoms with Crippen molar-refractivity contribution in [2.75, 3.05) is 0 Å². The van der Waals surface area contributed by atoms with Crippen molar-refractivity contribution in [3.63, 3.8) is 0 Å². The molecular formula is C12H16NO4S-. The Morgan fingerprint density at radius 2 is 1.83 bits per heavy atom. The first-order valence-electron chi connectivity index (χ1n) is 5.40. The van der Waals surface area contributed by atoms with E-state index in [4.69, 9.17) is 0 Å². The quantitative estimate of drug-likeness (QED) is 0.823. The fourth-order valence-corrected chi connectivity index (χ4v) is 2.01. The highest BCUT2D eigenvalue weighted by molar-refractivity contribution is 7.85. The molecule has 1 aromatic carbocycles. The number of hydrogen-bond donors (Lipinski definition) is 1. The Morgan fingerprint density at radius 1 is 1.28 bits per heavy atom. The zero-order chi connectivity index (χ0) is 14.1. The molecule has 0 fully saturated rings. The molecule has 0 spiro atoms. The minimum Gasteiger partial charge on any atom is -0.744 e. The second kappa shape index (κ2) is 4.70. The highest BCUT2D eigenvalue weighted by atomic mass is 32.2. The van der Waals surface area contributed by atoms with Crippen molar-refractivity contribution >= 4 is 16.0 Å². The van der Waals surface area contributed by atoms with Gasteiger partial charge < -0.3 is 9.87 Å². The van der Waals surface area contributed by atoms with Crippen LogP contribution in [0.15, 0.2) is 23.1 Å². The van der Waals surface area contributed by atoms with Crippen LogP contribution in [0.25, 0.3) is 0 Å². The number of aryl methyl sites for hydroxylation is 1. The van der Waals surface area contributed by atoms with Crippen LogP contribution in [-0.4, -0.2) is 24.4 Å². The molecule has 0 aliphatic carbocycles. The van der Waals surface area contributed by atoms with Gasteiger partial charge in [0, 0.05) is 11.1 Å². The van der Waals surface area contributed by atoms with E-state index in [0.29, 0.717) is 11.1 Å². The Bertz CT molecular complexity index is 570. The second-order valence-electron chi connectivity index (χ2n) is 5.13. The molecule has 5 nitrogen and oxygen atoms in total. The molecule has 1 aromatic rings. The summed E-state index contributed by atoms with van der Waals surface area (Å²) in [6.07, 6.45) is 0. The molecule has 0 atom stereocenters. The number of nitrogens with one attached hydrogen (secondary N) is 1. The van der Waals surface area contributed by atoms with E-state index in [9.17, 15) is 17.8 Å². The summed E-state index contributed by atoms with van der Waals surface area (Å²) >= 11 is 0. The molecule has 0 saturated heterocycles. The molecule has 6 heteroatoms. The van der Waals surface area contributed by atoms with E-state index >= 15 is 0 Å². The summed E-state index contributed by atoms with van der Waals surface area (Å²) in [5.41, 5.74) is 0.429. The molecule has 0 heterocycles. The number of carbonyl (C=O) groups is 1. The number of carbonyl (C=O) groups excluding carboxylic acids is 1. The first-order chi connectivity index (χ1) is 8.00. The Morgan fingerprint density at radius 3 is 2.22 bits per heavy atom. The zero-order valence-electron chi connectivity index (χ0n) is 10.8. The normalized spacial score (nSPS) is 12.3. The van der Waals surface area contributed by atoms with E-state index in [1.54, 1.807) is 6.92 Å². The Hall–Kier alpha value is -1.40. The van der Waals surface area contributed by atoms with Crippen LogP contribution in [0, 0.1) is 6.92 Å². The Labute approximate surface area is 107 Å². The van der Waals surface area contributed by atoms with Crippen molar-refractivity contribution in [1.82, 2.24) is 5.32 Å². The molecule has 18 heavy (non-hydrogen) atoms. The maximum Gasteiger partial charge on any atom is 0.251 e. The fraction of sp³-hybridized carbons (Fsp3) is 0.417. The van der Waals surface area contributed by atoms with Crippen LogP contribution in [0.5, 0.6) is 0 Å². The number of hydrogen-bond acceptors (Lipinski definition) is 4. The molecular weight excluding hydrogens is 254 g/mol. The topological polar surface area (TPSA) is 86.3 Å². The summed E-state index contributed by atoms with van der Waals surface area (Å²) < 4.78 is 32.5. The average molecular weight is 270 g/mol. The summed E-state index contributed by atoms with van der Waals surface area (Å²) in [7, 11) is -4.48. The van der Waals surface area contributed by atoms with Gasteiger partial charge in [0.25, 0.3) is 5.91 Å². The lowest BCUT2D eigenvalue weighted by molar-refractivity contribution is 0.0919. The Kier molecular flexibility index (Phi) is 3.83. The van der Waals surface area contributed by atoms with Crippen molar-refractivity contribution in [3.05, 3.63) is 29.3 Å². The van der Waals surface area contributed by atoms with Gasteiger partial charge in [0.05, 0.1) is 4.90 Å². The van der Waals surface area contributed by atoms with Gasteiger partial charge in [-0.15, -0.1) is 0 Å². The van der Waals surface area contributed by atoms with E-state index in [1.165, 1.54) is 12.1 Å². The zero-order valence-corrected chi connectivity index (χ0v) is 11.6. The standard InChI is InChI=1S/C12H17NO4S/c1-8-7-9(18(15,16)17)5-6-10(8)11(14)13-12(2,3)4/h5-7H,1-4H3,(H,13,14)(H,15,16,17)/p-1. The maximum absolute atomic E-state index is 11.9. The smallest absolute Gasteiger partial charge is 0.251 e. The van der Waals surface area contributed by atoms with Gasteiger partial charge in [-0.05, 0) is 51.5 Å². The van der Waals surface area contributed by atoms with E-state index in [2.05, 4.69) is 5.32 Å². The molecule has 0 radical (unpaired) electrons. The fourth-order valence-electron chi connectivity index (χ4n) is 1.45. The molecule has 0 unspecified atom stereocenters. The van der Waals surface area contributed by atoms with Gasteiger partial charge in [0.2, 0.25) is 0 Å². The van der Waals surface area contributed by atoms with Crippen molar-refractivity contribution in [1.29, 1.82) is 0 Å². The van der Waals surface area contributed by atoms with E-state index in [1.807, 2.05) is 20.8 Å². The maximum atomic E-state index is 11.9. The van der Waals surface area contributed by atoms with Crippen molar-refractivity contribution in [3.8, 4) is 0 Å². The average Bonchev–Trinajstić information content (AvgIpc) is 2.12. The lowest BCUT2D eigenvalue weighted by atomic mass is 10.1. The number of benzene rings is 1. The largest absolute Gasteiger partial charge is 0.744 e. The van der Waals surface area contributed by atoms with Gasteiger partial charge in [0.15, 0.2) is 0 Å². The third kappa shape index (κ3) is 3.82. The lowest BCUT2D eigenvalue weighted by Crippen LogP contribution is -2.40. The summed E-state index contributed by atoms with van der Waals surface area (Å²) in [6.45, 7) is 7.12. The third-order valence-electron chi connectivity index (χ3n) is 2.22. The molecule has 1 rings (SSSR count). The van der Waals surface area contributed by atoms with E-state index in [-0.39, 0.29) is 16.3 Å². The van der Waals surface area contributed by atoms with Gasteiger partial charge in [-0.2, -0.15) is 0 Å². The van der Waals surface area contributed by atoms with Crippen LogP contribution in [0.4, 0.5) is 0 Å². The van der Waals surface area contributed by atoms with Crippen molar-refractivity contribution in [2.24, 2.45) is 0 Å². The van der Waals surface area contributed by atoms with Crippen LogP contribution >= 0.6 is 0 Å². The van der Waals surface area contributed by atoms with Crippen LogP contribution in [0.1, 0.15) is 36.7 Å². The van der Waals surface area contributed by atoms with Crippen molar-refractivity contribution < 1.29 is 17.8 Å². The third-order valence-corrected chi connectivity index (χ3v) is 3.05. The number of rotatable bonds is 2. The first kappa shape index (κ1) is 14.7. The summed E-state index contributed by atoms with van der Waals surface area (Å²) in [6, 6.07) is 3.70. The molecule has 100 valence electrons. The molecule has 0 saturated carbocycles. The minimum absolute atomic E-state index is 0.296. The summed E-state index contributed by atoms with van der Waals surface area (Å²) in [5, 5.41) is 2.77. The SMILES string of the molecule is Cc1cc(S(=O)(=O)[O-])ccc1C(=O)NC(C)(C)C. The summed E-state index contributed by atoms with van der Waals surface area (Å²) in [4.78, 5) is 11.6. The van der Waals surface area contributed by atoms with Gasteiger partial charge in [-0.1, -0.05) is 0 Å².